The molecule has 5 nitrogen and oxygen atoms in total. The first-order valence-corrected chi connectivity index (χ1v) is 8.91. The Labute approximate surface area is 177 Å². The molecule has 0 bridgehead atoms. The highest BCUT2D eigenvalue weighted by atomic mass is 127. The second kappa shape index (κ2) is 9.97. The van der Waals surface area contributed by atoms with Gasteiger partial charge in [-0.2, -0.15) is 0 Å². The third kappa shape index (κ3) is 5.48. The summed E-state index contributed by atoms with van der Waals surface area (Å²) in [7, 11) is 1.80. The summed E-state index contributed by atoms with van der Waals surface area (Å²) in [6.45, 7) is 4.68. The van der Waals surface area contributed by atoms with Crippen LogP contribution >= 0.6 is 35.6 Å². The number of benzene rings is 1. The molecule has 1 fully saturated rings. The van der Waals surface area contributed by atoms with Crippen LogP contribution in [0.25, 0.3) is 0 Å². The van der Waals surface area contributed by atoms with Gasteiger partial charge >= 0.3 is 0 Å². The van der Waals surface area contributed by atoms with Gasteiger partial charge in [0.15, 0.2) is 5.96 Å². The smallest absolute Gasteiger partial charge is 0.191 e. The third-order valence-corrected chi connectivity index (χ3v) is 4.70. The van der Waals surface area contributed by atoms with E-state index in [0.717, 1.165) is 36.2 Å². The van der Waals surface area contributed by atoms with Gasteiger partial charge in [-0.25, -0.2) is 0 Å². The number of nitrogens with one attached hydrogen (secondary N) is 2. The van der Waals surface area contributed by atoms with Crippen molar-refractivity contribution in [3.8, 4) is 0 Å². The molecule has 1 aromatic heterocycles. The zero-order valence-electron chi connectivity index (χ0n) is 15.1. The Kier molecular flexibility index (Phi) is 7.96. The maximum Gasteiger partial charge on any atom is 0.191 e. The minimum absolute atomic E-state index is 0. The maximum absolute atomic E-state index is 6.10. The van der Waals surface area contributed by atoms with E-state index in [9.17, 15) is 0 Å². The number of hydrogen-bond acceptors (Lipinski definition) is 3. The molecule has 1 saturated heterocycles. The Morgan fingerprint density at radius 3 is 2.92 bits per heavy atom. The quantitative estimate of drug-likeness (QED) is 0.395. The number of nitrogens with zero attached hydrogens (tertiary/aromatic N) is 3. The summed E-state index contributed by atoms with van der Waals surface area (Å²) in [5.41, 5.74) is 3.39. The molecule has 1 aromatic carbocycles. The summed E-state index contributed by atoms with van der Waals surface area (Å²) in [5, 5.41) is 7.64. The highest BCUT2D eigenvalue weighted by Gasteiger charge is 2.23. The highest BCUT2D eigenvalue weighted by Crippen LogP contribution is 2.23. The van der Waals surface area contributed by atoms with Gasteiger partial charge in [-0.3, -0.25) is 9.98 Å². The van der Waals surface area contributed by atoms with E-state index in [2.05, 4.69) is 44.6 Å². The Morgan fingerprint density at radius 1 is 1.35 bits per heavy atom. The maximum atomic E-state index is 6.10. The lowest BCUT2D eigenvalue weighted by Crippen LogP contribution is -2.44. The molecule has 140 valence electrons. The summed E-state index contributed by atoms with van der Waals surface area (Å²) in [6, 6.07) is 12.4. The number of aryl methyl sites for hydroxylation is 1. The van der Waals surface area contributed by atoms with E-state index in [1.54, 1.807) is 7.05 Å². The van der Waals surface area contributed by atoms with E-state index in [1.165, 1.54) is 11.3 Å². The largest absolute Gasteiger partial charge is 0.369 e. The molecule has 1 atom stereocenters. The van der Waals surface area contributed by atoms with Crippen molar-refractivity contribution in [1.29, 1.82) is 0 Å². The molecule has 2 aromatic rings. The molecule has 0 amide bonds. The normalized spacial score (nSPS) is 17.0. The van der Waals surface area contributed by atoms with E-state index >= 15 is 0 Å². The molecule has 0 aliphatic carbocycles. The molecule has 0 saturated carbocycles. The Bertz CT molecular complexity index is 752. The summed E-state index contributed by atoms with van der Waals surface area (Å²) in [4.78, 5) is 11.1. The number of hydrogen-bond donors (Lipinski definition) is 2. The first kappa shape index (κ1) is 20.8. The van der Waals surface area contributed by atoms with E-state index in [-0.39, 0.29) is 24.0 Å². The molecule has 26 heavy (non-hydrogen) atoms. The van der Waals surface area contributed by atoms with Crippen LogP contribution < -0.4 is 15.5 Å². The van der Waals surface area contributed by atoms with Gasteiger partial charge in [0.25, 0.3) is 0 Å². The van der Waals surface area contributed by atoms with Crippen LogP contribution in [-0.2, 0) is 6.54 Å². The number of pyridine rings is 1. The molecule has 0 radical (unpaired) electrons. The van der Waals surface area contributed by atoms with Gasteiger partial charge in [0.1, 0.15) is 0 Å². The van der Waals surface area contributed by atoms with Crippen LogP contribution in [0.15, 0.2) is 47.6 Å². The first-order valence-electron chi connectivity index (χ1n) is 8.54. The minimum Gasteiger partial charge on any atom is -0.369 e. The second-order valence-electron chi connectivity index (χ2n) is 6.25. The number of halogens is 2. The lowest BCUT2D eigenvalue weighted by atomic mass is 10.2. The van der Waals surface area contributed by atoms with Crippen molar-refractivity contribution in [3.05, 3.63) is 58.9 Å². The Balaban J connectivity index is 0.00000243. The van der Waals surface area contributed by atoms with Gasteiger partial charge in [-0.1, -0.05) is 23.7 Å². The van der Waals surface area contributed by atoms with Crippen LogP contribution in [0.1, 0.15) is 17.7 Å². The van der Waals surface area contributed by atoms with Crippen molar-refractivity contribution in [2.24, 2.45) is 4.99 Å². The number of guanidine groups is 1. The Morgan fingerprint density at radius 2 is 2.19 bits per heavy atom. The topological polar surface area (TPSA) is 52.6 Å². The first-order chi connectivity index (χ1) is 12.2. The fraction of sp³-hybridized carbons (Fsp3) is 0.368. The van der Waals surface area contributed by atoms with Crippen LogP contribution in [0.3, 0.4) is 0 Å². The predicted molar refractivity (Wildman–Crippen MR) is 120 cm³/mol. The average molecular weight is 486 g/mol. The van der Waals surface area contributed by atoms with Crippen molar-refractivity contribution < 1.29 is 0 Å². The van der Waals surface area contributed by atoms with E-state index in [0.29, 0.717) is 12.6 Å². The Hall–Kier alpha value is -1.54. The van der Waals surface area contributed by atoms with Gasteiger partial charge in [-0.05, 0) is 43.2 Å². The zero-order chi connectivity index (χ0) is 17.6. The van der Waals surface area contributed by atoms with E-state index < -0.39 is 0 Å². The third-order valence-electron chi connectivity index (χ3n) is 4.47. The van der Waals surface area contributed by atoms with Gasteiger partial charge in [0, 0.05) is 43.1 Å². The SMILES string of the molecule is CN=C(NCc1ncccc1C)NC1CCN(c2cccc(Cl)c2)C1.I. The molecule has 1 aliphatic heterocycles. The molecule has 0 spiro atoms. The van der Waals surface area contributed by atoms with Gasteiger partial charge in [-0.15, -0.1) is 24.0 Å². The fourth-order valence-corrected chi connectivity index (χ4v) is 3.23. The molecular weight excluding hydrogens is 461 g/mol. The standard InChI is InChI=1S/C19H24ClN5.HI/c1-14-5-4-9-22-18(14)12-23-19(21-2)24-16-8-10-25(13-16)17-7-3-6-15(20)11-17;/h3-7,9,11,16H,8,10,12-13H2,1-2H3,(H2,21,23,24);1H. The minimum atomic E-state index is 0. The molecule has 1 aliphatic rings. The van der Waals surface area contributed by atoms with E-state index in [1.807, 2.05) is 30.5 Å². The number of anilines is 1. The zero-order valence-corrected chi connectivity index (χ0v) is 18.2. The van der Waals surface area contributed by atoms with Crippen molar-refractivity contribution in [2.75, 3.05) is 25.0 Å². The van der Waals surface area contributed by atoms with Crippen LogP contribution in [0.5, 0.6) is 0 Å². The number of aliphatic imine (C=N–C) groups is 1. The van der Waals surface area contributed by atoms with Crippen molar-refractivity contribution >= 4 is 47.2 Å². The van der Waals surface area contributed by atoms with Crippen LogP contribution in [0.2, 0.25) is 5.02 Å². The monoisotopic (exact) mass is 485 g/mol. The lowest BCUT2D eigenvalue weighted by molar-refractivity contribution is 0.647. The van der Waals surface area contributed by atoms with Gasteiger partial charge in [0.2, 0.25) is 0 Å². The molecule has 2 N–H and O–H groups in total. The van der Waals surface area contributed by atoms with Gasteiger partial charge in [0.05, 0.1) is 12.2 Å². The van der Waals surface area contributed by atoms with Gasteiger partial charge < -0.3 is 15.5 Å². The molecule has 7 heteroatoms. The summed E-state index contributed by atoms with van der Waals surface area (Å²) >= 11 is 6.10. The van der Waals surface area contributed by atoms with Crippen molar-refractivity contribution in [3.63, 3.8) is 0 Å². The highest BCUT2D eigenvalue weighted by molar-refractivity contribution is 14.0. The van der Waals surface area contributed by atoms with Crippen LogP contribution in [0, 0.1) is 6.92 Å². The number of aromatic nitrogens is 1. The predicted octanol–water partition coefficient (Wildman–Crippen LogP) is 3.61. The summed E-state index contributed by atoms with van der Waals surface area (Å²) < 4.78 is 0. The molecule has 2 heterocycles. The van der Waals surface area contributed by atoms with Crippen LogP contribution in [0.4, 0.5) is 5.69 Å². The van der Waals surface area contributed by atoms with E-state index in [4.69, 9.17) is 11.6 Å². The molecular formula is C19H25ClIN5. The fourth-order valence-electron chi connectivity index (χ4n) is 3.04. The second-order valence-corrected chi connectivity index (χ2v) is 6.69. The molecule has 3 rings (SSSR count). The average Bonchev–Trinajstić information content (AvgIpc) is 3.08. The van der Waals surface area contributed by atoms with Crippen LogP contribution in [-0.4, -0.2) is 37.1 Å². The van der Waals surface area contributed by atoms with Crippen molar-refractivity contribution in [1.82, 2.24) is 15.6 Å². The van der Waals surface area contributed by atoms with Crippen molar-refractivity contribution in [2.45, 2.75) is 25.9 Å². The number of rotatable bonds is 4. The lowest BCUT2D eigenvalue weighted by Gasteiger charge is -2.20. The summed E-state index contributed by atoms with van der Waals surface area (Å²) in [6.07, 6.45) is 2.88. The molecule has 1 unspecified atom stereocenters. The summed E-state index contributed by atoms with van der Waals surface area (Å²) in [5.74, 6) is 0.808.